The highest BCUT2D eigenvalue weighted by Crippen LogP contribution is 2.18. The van der Waals surface area contributed by atoms with E-state index in [0.29, 0.717) is 24.6 Å². The Balaban J connectivity index is 1.74. The Bertz CT molecular complexity index is 619. The van der Waals surface area contributed by atoms with Crippen molar-refractivity contribution >= 4 is 17.6 Å². The van der Waals surface area contributed by atoms with Gasteiger partial charge in [0.25, 0.3) is 5.91 Å². The van der Waals surface area contributed by atoms with Gasteiger partial charge in [0.05, 0.1) is 0 Å². The van der Waals surface area contributed by atoms with Crippen molar-refractivity contribution in [1.82, 2.24) is 19.8 Å². The molecule has 7 heteroatoms. The monoisotopic (exact) mass is 331 g/mol. The third-order valence-corrected chi connectivity index (χ3v) is 4.74. The van der Waals surface area contributed by atoms with Crippen molar-refractivity contribution in [2.45, 2.75) is 33.1 Å². The maximum Gasteiger partial charge on any atom is 0.272 e. The normalized spacial score (nSPS) is 18.7. The second kappa shape index (κ2) is 7.15. The number of amides is 2. The van der Waals surface area contributed by atoms with Crippen molar-refractivity contribution in [3.8, 4) is 0 Å². The summed E-state index contributed by atoms with van der Waals surface area (Å²) < 4.78 is 0. The maximum atomic E-state index is 12.7. The van der Waals surface area contributed by atoms with Gasteiger partial charge in [0, 0.05) is 52.3 Å². The van der Waals surface area contributed by atoms with Gasteiger partial charge in [-0.1, -0.05) is 0 Å². The van der Waals surface area contributed by atoms with Crippen LogP contribution in [0.25, 0.3) is 0 Å². The minimum atomic E-state index is 0.00354. The first-order valence-corrected chi connectivity index (χ1v) is 8.70. The van der Waals surface area contributed by atoms with E-state index in [4.69, 9.17) is 0 Å². The van der Waals surface area contributed by atoms with E-state index >= 15 is 0 Å². The van der Waals surface area contributed by atoms with Crippen LogP contribution in [0.3, 0.4) is 0 Å². The molecule has 0 bridgehead atoms. The third kappa shape index (κ3) is 3.66. The number of hydrogen-bond donors (Lipinski definition) is 0. The number of anilines is 1. The molecule has 2 saturated heterocycles. The molecule has 0 atom stereocenters. The van der Waals surface area contributed by atoms with Gasteiger partial charge in [-0.15, -0.1) is 0 Å². The number of carbonyl (C=O) groups excluding carboxylic acids is 2. The fraction of sp³-hybridized carbons (Fsp3) is 0.647. The van der Waals surface area contributed by atoms with Crippen LogP contribution in [0.1, 0.15) is 42.5 Å². The lowest BCUT2D eigenvalue weighted by Crippen LogP contribution is -2.48. The summed E-state index contributed by atoms with van der Waals surface area (Å²) in [6.07, 6.45) is 3.32. The van der Waals surface area contributed by atoms with Gasteiger partial charge < -0.3 is 14.7 Å². The van der Waals surface area contributed by atoms with Gasteiger partial charge in [-0.2, -0.15) is 0 Å². The van der Waals surface area contributed by atoms with Crippen LogP contribution in [0.5, 0.6) is 0 Å². The summed E-state index contributed by atoms with van der Waals surface area (Å²) in [7, 11) is 0. The fourth-order valence-corrected chi connectivity index (χ4v) is 3.33. The lowest BCUT2D eigenvalue weighted by atomic mass is 10.1. The van der Waals surface area contributed by atoms with Crippen LogP contribution in [-0.4, -0.2) is 70.9 Å². The fourth-order valence-electron chi connectivity index (χ4n) is 3.33. The topological polar surface area (TPSA) is 69.6 Å². The molecule has 2 aliphatic heterocycles. The molecule has 0 unspecified atom stereocenters. The zero-order valence-electron chi connectivity index (χ0n) is 14.5. The van der Waals surface area contributed by atoms with Crippen LogP contribution >= 0.6 is 0 Å². The molecule has 0 radical (unpaired) electrons. The van der Waals surface area contributed by atoms with Gasteiger partial charge in [-0.25, -0.2) is 9.97 Å². The number of piperazine rings is 1. The second-order valence-corrected chi connectivity index (χ2v) is 6.50. The lowest BCUT2D eigenvalue weighted by Gasteiger charge is -2.35. The van der Waals surface area contributed by atoms with Gasteiger partial charge in [0.1, 0.15) is 17.3 Å². The third-order valence-electron chi connectivity index (χ3n) is 4.74. The predicted octanol–water partition coefficient (Wildman–Crippen LogP) is 1.08. The lowest BCUT2D eigenvalue weighted by molar-refractivity contribution is -0.129. The van der Waals surface area contributed by atoms with Crippen LogP contribution in [0.15, 0.2) is 6.07 Å². The first-order chi connectivity index (χ1) is 11.5. The molecule has 0 N–H and O–H groups in total. The minimum Gasteiger partial charge on any atom is -0.353 e. The molecule has 3 rings (SSSR count). The average molecular weight is 331 g/mol. The summed E-state index contributed by atoms with van der Waals surface area (Å²) in [6, 6.07) is 1.80. The van der Waals surface area contributed by atoms with E-state index in [0.717, 1.165) is 44.8 Å². The summed E-state index contributed by atoms with van der Waals surface area (Å²) in [6.45, 7) is 7.88. The van der Waals surface area contributed by atoms with Gasteiger partial charge >= 0.3 is 0 Å². The predicted molar refractivity (Wildman–Crippen MR) is 91.0 cm³/mol. The zero-order valence-corrected chi connectivity index (χ0v) is 14.5. The molecular formula is C17H25N5O2. The molecule has 130 valence electrons. The van der Waals surface area contributed by atoms with E-state index < -0.39 is 0 Å². The first kappa shape index (κ1) is 16.7. The van der Waals surface area contributed by atoms with Gasteiger partial charge in [0.2, 0.25) is 5.91 Å². The summed E-state index contributed by atoms with van der Waals surface area (Å²) in [4.78, 5) is 38.8. The van der Waals surface area contributed by atoms with Crippen molar-refractivity contribution < 1.29 is 9.59 Å². The van der Waals surface area contributed by atoms with Crippen molar-refractivity contribution in [3.05, 3.63) is 17.6 Å². The van der Waals surface area contributed by atoms with Crippen LogP contribution in [-0.2, 0) is 4.79 Å². The largest absolute Gasteiger partial charge is 0.353 e. The molecule has 1 aromatic rings. The van der Waals surface area contributed by atoms with Gasteiger partial charge in [-0.3, -0.25) is 9.59 Å². The standard InChI is InChI=1S/C17H25N5O2/c1-13-18-15(17(24)22-6-4-3-5-7-22)12-16(19-13)21-10-8-20(9-11-21)14(2)23/h12H,3-11H2,1-2H3. The molecule has 0 saturated carbocycles. The molecule has 2 fully saturated rings. The zero-order chi connectivity index (χ0) is 17.1. The second-order valence-electron chi connectivity index (χ2n) is 6.50. The van der Waals surface area contributed by atoms with Crippen molar-refractivity contribution in [1.29, 1.82) is 0 Å². The van der Waals surface area contributed by atoms with E-state index in [1.807, 2.05) is 16.7 Å². The van der Waals surface area contributed by atoms with Crippen LogP contribution in [0, 0.1) is 6.92 Å². The quantitative estimate of drug-likeness (QED) is 0.811. The van der Waals surface area contributed by atoms with Crippen molar-refractivity contribution in [2.75, 3.05) is 44.2 Å². The Hall–Kier alpha value is -2.18. The number of nitrogens with zero attached hydrogens (tertiary/aromatic N) is 5. The SMILES string of the molecule is CC(=O)N1CCN(c2cc(C(=O)N3CCCCC3)nc(C)n2)CC1. The number of carbonyl (C=O) groups is 2. The number of aromatic nitrogens is 2. The molecule has 2 amide bonds. The Kier molecular flexibility index (Phi) is 4.97. The maximum absolute atomic E-state index is 12.7. The Labute approximate surface area is 142 Å². The van der Waals surface area contributed by atoms with E-state index in [2.05, 4.69) is 14.9 Å². The van der Waals surface area contributed by atoms with Crippen LogP contribution in [0.2, 0.25) is 0 Å². The molecule has 0 spiro atoms. The summed E-state index contributed by atoms with van der Waals surface area (Å²) >= 11 is 0. The number of rotatable bonds is 2. The van der Waals surface area contributed by atoms with Gasteiger partial charge in [-0.05, 0) is 26.2 Å². The number of aryl methyl sites for hydroxylation is 1. The number of piperidine rings is 1. The van der Waals surface area contributed by atoms with Crippen molar-refractivity contribution in [2.24, 2.45) is 0 Å². The molecule has 3 heterocycles. The Morgan fingerprint density at radius 1 is 0.917 bits per heavy atom. The Morgan fingerprint density at radius 3 is 2.21 bits per heavy atom. The minimum absolute atomic E-state index is 0.00354. The van der Waals surface area contributed by atoms with E-state index in [1.165, 1.54) is 6.42 Å². The molecule has 7 nitrogen and oxygen atoms in total. The molecule has 24 heavy (non-hydrogen) atoms. The highest BCUT2D eigenvalue weighted by molar-refractivity contribution is 5.93. The molecular weight excluding hydrogens is 306 g/mol. The molecule has 2 aliphatic rings. The van der Waals surface area contributed by atoms with E-state index in [1.54, 1.807) is 13.0 Å². The molecule has 0 aromatic carbocycles. The highest BCUT2D eigenvalue weighted by atomic mass is 16.2. The summed E-state index contributed by atoms with van der Waals surface area (Å²) in [5, 5.41) is 0. The van der Waals surface area contributed by atoms with E-state index in [-0.39, 0.29) is 11.8 Å². The van der Waals surface area contributed by atoms with E-state index in [9.17, 15) is 9.59 Å². The summed E-state index contributed by atoms with van der Waals surface area (Å²) in [5.41, 5.74) is 0.480. The molecule has 0 aliphatic carbocycles. The number of likely N-dealkylation sites (tertiary alicyclic amines) is 1. The van der Waals surface area contributed by atoms with Crippen LogP contribution in [0.4, 0.5) is 5.82 Å². The smallest absolute Gasteiger partial charge is 0.272 e. The highest BCUT2D eigenvalue weighted by Gasteiger charge is 2.23. The average Bonchev–Trinajstić information content (AvgIpc) is 2.61. The summed E-state index contributed by atoms with van der Waals surface area (Å²) in [5.74, 6) is 1.51. The van der Waals surface area contributed by atoms with Gasteiger partial charge in [0.15, 0.2) is 0 Å². The number of hydrogen-bond acceptors (Lipinski definition) is 5. The van der Waals surface area contributed by atoms with Crippen molar-refractivity contribution in [3.63, 3.8) is 0 Å². The van der Waals surface area contributed by atoms with Crippen LogP contribution < -0.4 is 4.90 Å². The molecule has 1 aromatic heterocycles. The first-order valence-electron chi connectivity index (χ1n) is 8.70. The Morgan fingerprint density at radius 2 is 1.58 bits per heavy atom.